The number of aliphatic imine (C=N–C) groups is 1. The fourth-order valence-electron chi connectivity index (χ4n) is 4.31. The minimum Gasteiger partial charge on any atom is -0.379 e. The number of hydrogen-bond acceptors (Lipinski definition) is 6. The highest BCUT2D eigenvalue weighted by atomic mass is 127. The van der Waals surface area contributed by atoms with Crippen molar-refractivity contribution in [2.24, 2.45) is 4.99 Å². The van der Waals surface area contributed by atoms with Gasteiger partial charge in [0, 0.05) is 71.5 Å². The first-order valence-electron chi connectivity index (χ1n) is 11.0. The minimum absolute atomic E-state index is 0. The fraction of sp³-hybridized carbons (Fsp3) is 0.900. The van der Waals surface area contributed by atoms with Gasteiger partial charge in [0.15, 0.2) is 5.96 Å². The maximum Gasteiger partial charge on any atom is 0.236 e. The van der Waals surface area contributed by atoms with Gasteiger partial charge >= 0.3 is 0 Å². The summed E-state index contributed by atoms with van der Waals surface area (Å²) >= 11 is 0. The van der Waals surface area contributed by atoms with E-state index < -0.39 is 0 Å². The Bertz CT molecular complexity index is 553. The molecule has 0 radical (unpaired) electrons. The predicted molar refractivity (Wildman–Crippen MR) is 129 cm³/mol. The van der Waals surface area contributed by atoms with E-state index in [9.17, 15) is 4.79 Å². The Morgan fingerprint density at radius 1 is 1.03 bits per heavy atom. The normalized spacial score (nSPS) is 25.6. The zero-order chi connectivity index (χ0) is 20.6. The number of amides is 1. The van der Waals surface area contributed by atoms with Gasteiger partial charge in [0.1, 0.15) is 0 Å². The molecule has 3 fully saturated rings. The third kappa shape index (κ3) is 7.18. The quantitative estimate of drug-likeness (QED) is 0.295. The van der Waals surface area contributed by atoms with E-state index in [4.69, 9.17) is 9.47 Å². The van der Waals surface area contributed by atoms with Crippen LogP contribution in [0.15, 0.2) is 4.99 Å². The summed E-state index contributed by atoms with van der Waals surface area (Å²) < 4.78 is 10.9. The van der Waals surface area contributed by atoms with Crippen molar-refractivity contribution in [2.45, 2.75) is 25.9 Å². The van der Waals surface area contributed by atoms with Crippen LogP contribution in [0.5, 0.6) is 0 Å². The second kappa shape index (κ2) is 13.0. The molecule has 1 amide bonds. The van der Waals surface area contributed by atoms with Crippen LogP contribution >= 0.6 is 24.0 Å². The molecule has 0 saturated carbocycles. The summed E-state index contributed by atoms with van der Waals surface area (Å²) in [5.41, 5.74) is 0. The van der Waals surface area contributed by atoms with Crippen molar-refractivity contribution in [3.8, 4) is 0 Å². The van der Waals surface area contributed by atoms with Crippen molar-refractivity contribution in [2.75, 3.05) is 92.4 Å². The summed E-state index contributed by atoms with van der Waals surface area (Å²) in [6.45, 7) is 14.8. The number of carbonyl (C=O) groups is 1. The zero-order valence-electron chi connectivity index (χ0n) is 18.7. The summed E-state index contributed by atoms with van der Waals surface area (Å²) in [5.74, 6) is 1.18. The number of morpholine rings is 2. The number of rotatable bonds is 5. The molecule has 0 bridgehead atoms. The van der Waals surface area contributed by atoms with E-state index in [-0.39, 0.29) is 29.9 Å². The summed E-state index contributed by atoms with van der Waals surface area (Å²) in [5, 5.41) is 3.55. The standard InChI is InChI=1S/C20H38N6O3.HI/c1-17(26-10-13-29-16-18(26)2)14-22-20(21-3)25-6-4-23(5-7-25)15-19(27)24-8-11-28-12-9-24;/h17-18H,4-16H2,1-3H3,(H,21,22);1H. The Morgan fingerprint density at radius 2 is 1.70 bits per heavy atom. The van der Waals surface area contributed by atoms with E-state index >= 15 is 0 Å². The number of nitrogens with one attached hydrogen (secondary N) is 1. The van der Waals surface area contributed by atoms with Gasteiger partial charge in [-0.1, -0.05) is 0 Å². The van der Waals surface area contributed by atoms with Gasteiger partial charge in [-0.25, -0.2) is 0 Å². The van der Waals surface area contributed by atoms with E-state index in [1.54, 1.807) is 0 Å². The highest BCUT2D eigenvalue weighted by Gasteiger charge is 2.26. The first kappa shape index (κ1) is 25.6. The largest absolute Gasteiger partial charge is 0.379 e. The molecule has 9 nitrogen and oxygen atoms in total. The average Bonchev–Trinajstić information content (AvgIpc) is 2.76. The molecule has 0 aliphatic carbocycles. The number of guanidine groups is 1. The van der Waals surface area contributed by atoms with Crippen LogP contribution in [0.1, 0.15) is 13.8 Å². The van der Waals surface area contributed by atoms with Crippen LogP contribution in [0.25, 0.3) is 0 Å². The SMILES string of the molecule is CN=C(NCC(C)N1CCOCC1C)N1CCN(CC(=O)N2CCOCC2)CC1.I. The number of hydrogen-bond donors (Lipinski definition) is 1. The lowest BCUT2D eigenvalue weighted by atomic mass is 10.2. The molecule has 174 valence electrons. The van der Waals surface area contributed by atoms with Crippen LogP contribution in [0, 0.1) is 0 Å². The third-order valence-corrected chi connectivity index (χ3v) is 6.15. The van der Waals surface area contributed by atoms with Crippen LogP contribution < -0.4 is 5.32 Å². The molecule has 3 heterocycles. The Labute approximate surface area is 198 Å². The molecule has 0 spiro atoms. The molecular formula is C20H39IN6O3. The zero-order valence-corrected chi connectivity index (χ0v) is 21.0. The van der Waals surface area contributed by atoms with Crippen molar-refractivity contribution in [1.82, 2.24) is 24.9 Å². The summed E-state index contributed by atoms with van der Waals surface area (Å²) in [7, 11) is 1.85. The van der Waals surface area contributed by atoms with Gasteiger partial charge in [0.25, 0.3) is 0 Å². The summed E-state index contributed by atoms with van der Waals surface area (Å²) in [6, 6.07) is 0.883. The molecule has 2 unspecified atom stereocenters. The lowest BCUT2D eigenvalue weighted by Crippen LogP contribution is -2.57. The third-order valence-electron chi connectivity index (χ3n) is 6.15. The highest BCUT2D eigenvalue weighted by Crippen LogP contribution is 2.10. The number of ether oxygens (including phenoxy) is 2. The molecule has 0 aromatic rings. The summed E-state index contributed by atoms with van der Waals surface area (Å²) in [6.07, 6.45) is 0. The van der Waals surface area contributed by atoms with Crippen molar-refractivity contribution < 1.29 is 14.3 Å². The molecular weight excluding hydrogens is 499 g/mol. The molecule has 30 heavy (non-hydrogen) atoms. The molecule has 0 aromatic carbocycles. The second-order valence-corrected chi connectivity index (χ2v) is 8.20. The van der Waals surface area contributed by atoms with Gasteiger partial charge in [-0.05, 0) is 13.8 Å². The van der Waals surface area contributed by atoms with Gasteiger partial charge in [0.05, 0.1) is 33.0 Å². The minimum atomic E-state index is 0. The van der Waals surface area contributed by atoms with Gasteiger partial charge in [-0.2, -0.15) is 0 Å². The summed E-state index contributed by atoms with van der Waals surface area (Å²) in [4.78, 5) is 25.9. The topological polar surface area (TPSA) is 72.9 Å². The molecule has 3 aliphatic heterocycles. The van der Waals surface area contributed by atoms with Crippen LogP contribution in [0.4, 0.5) is 0 Å². The highest BCUT2D eigenvalue weighted by molar-refractivity contribution is 14.0. The molecule has 3 rings (SSSR count). The average molecular weight is 538 g/mol. The Balaban J connectivity index is 0.00000320. The van der Waals surface area contributed by atoms with E-state index in [2.05, 4.69) is 38.9 Å². The van der Waals surface area contributed by atoms with Crippen LogP contribution in [-0.4, -0.2) is 136 Å². The van der Waals surface area contributed by atoms with Crippen LogP contribution in [0.3, 0.4) is 0 Å². The van der Waals surface area contributed by atoms with Crippen LogP contribution in [-0.2, 0) is 14.3 Å². The van der Waals surface area contributed by atoms with Gasteiger partial charge < -0.3 is 24.6 Å². The Morgan fingerprint density at radius 3 is 2.33 bits per heavy atom. The van der Waals surface area contributed by atoms with Crippen LogP contribution in [0.2, 0.25) is 0 Å². The van der Waals surface area contributed by atoms with E-state index in [1.165, 1.54) is 0 Å². The van der Waals surface area contributed by atoms with Crippen molar-refractivity contribution in [1.29, 1.82) is 0 Å². The first-order chi connectivity index (χ1) is 14.1. The monoisotopic (exact) mass is 538 g/mol. The van der Waals surface area contributed by atoms with E-state index in [1.807, 2.05) is 11.9 Å². The van der Waals surface area contributed by atoms with Crippen molar-refractivity contribution in [3.63, 3.8) is 0 Å². The van der Waals surface area contributed by atoms with Crippen molar-refractivity contribution in [3.05, 3.63) is 0 Å². The molecule has 3 aliphatic rings. The molecule has 2 atom stereocenters. The lowest BCUT2D eigenvalue weighted by molar-refractivity contribution is -0.136. The number of carbonyl (C=O) groups excluding carboxylic acids is 1. The molecule has 1 N–H and O–H groups in total. The first-order valence-corrected chi connectivity index (χ1v) is 11.0. The molecule has 0 aromatic heterocycles. The van der Waals surface area contributed by atoms with Gasteiger partial charge in [0.2, 0.25) is 5.91 Å². The van der Waals surface area contributed by atoms with Crippen molar-refractivity contribution >= 4 is 35.8 Å². The maximum atomic E-state index is 12.5. The Hall–Kier alpha value is -0.690. The lowest BCUT2D eigenvalue weighted by Gasteiger charge is -2.40. The number of piperazine rings is 1. The molecule has 10 heteroatoms. The smallest absolute Gasteiger partial charge is 0.236 e. The van der Waals surface area contributed by atoms with E-state index in [0.717, 1.165) is 71.5 Å². The predicted octanol–water partition coefficient (Wildman–Crippen LogP) is -0.235. The van der Waals surface area contributed by atoms with Gasteiger partial charge in [-0.3, -0.25) is 19.6 Å². The fourth-order valence-corrected chi connectivity index (χ4v) is 4.31. The molecule has 3 saturated heterocycles. The second-order valence-electron chi connectivity index (χ2n) is 8.20. The van der Waals surface area contributed by atoms with Gasteiger partial charge in [-0.15, -0.1) is 24.0 Å². The Kier molecular flexibility index (Phi) is 11.1. The number of halogens is 1. The number of nitrogens with zero attached hydrogens (tertiary/aromatic N) is 5. The van der Waals surface area contributed by atoms with E-state index in [0.29, 0.717) is 31.8 Å². The maximum absolute atomic E-state index is 12.5.